The summed E-state index contributed by atoms with van der Waals surface area (Å²) in [5.41, 5.74) is 1.03. The Balaban J connectivity index is 1.42. The number of ether oxygens (including phenoxy) is 1. The number of furan rings is 1. The fourth-order valence-electron chi connectivity index (χ4n) is 3.14. The van der Waals surface area contributed by atoms with Crippen LogP contribution in [-0.2, 0) is 16.0 Å². The van der Waals surface area contributed by atoms with E-state index in [4.69, 9.17) is 9.15 Å². The molecule has 2 amide bonds. The minimum absolute atomic E-state index is 0.0131. The predicted octanol–water partition coefficient (Wildman–Crippen LogP) is 3.23. The summed E-state index contributed by atoms with van der Waals surface area (Å²) in [5.74, 6) is 1.63. The van der Waals surface area contributed by atoms with Crippen LogP contribution in [-0.4, -0.2) is 43.1 Å². The molecule has 0 atom stereocenters. The van der Waals surface area contributed by atoms with Crippen molar-refractivity contribution < 1.29 is 18.7 Å². The molecule has 1 aliphatic rings. The molecule has 26 heavy (non-hydrogen) atoms. The van der Waals surface area contributed by atoms with Gasteiger partial charge in [0.1, 0.15) is 11.5 Å². The summed E-state index contributed by atoms with van der Waals surface area (Å²) in [5, 5.41) is 3.05. The molecule has 0 bridgehead atoms. The number of rotatable bonds is 5. The van der Waals surface area contributed by atoms with Gasteiger partial charge in [0, 0.05) is 37.5 Å². The molecule has 6 heteroatoms. The maximum absolute atomic E-state index is 12.2. The Morgan fingerprint density at radius 3 is 2.58 bits per heavy atom. The highest BCUT2D eigenvalue weighted by atomic mass is 16.5. The van der Waals surface area contributed by atoms with Crippen molar-refractivity contribution in [1.82, 2.24) is 10.2 Å². The van der Waals surface area contributed by atoms with Gasteiger partial charge in [-0.25, -0.2) is 4.79 Å². The molecule has 2 heterocycles. The Labute approximate surface area is 153 Å². The summed E-state index contributed by atoms with van der Waals surface area (Å²) in [4.78, 5) is 25.3. The van der Waals surface area contributed by atoms with E-state index in [-0.39, 0.29) is 18.0 Å². The predicted molar refractivity (Wildman–Crippen MR) is 97.6 cm³/mol. The van der Waals surface area contributed by atoms with Crippen LogP contribution in [0.5, 0.6) is 0 Å². The van der Waals surface area contributed by atoms with Crippen LogP contribution in [0.15, 0.2) is 46.9 Å². The monoisotopic (exact) mass is 356 g/mol. The second-order valence-corrected chi connectivity index (χ2v) is 6.43. The lowest BCUT2D eigenvalue weighted by molar-refractivity contribution is -0.122. The highest BCUT2D eigenvalue weighted by molar-refractivity contribution is 5.76. The molecule has 138 valence electrons. The molecular weight excluding hydrogens is 332 g/mol. The number of piperidine rings is 1. The van der Waals surface area contributed by atoms with Gasteiger partial charge in [0.25, 0.3) is 0 Å². The Morgan fingerprint density at radius 2 is 1.88 bits per heavy atom. The van der Waals surface area contributed by atoms with E-state index >= 15 is 0 Å². The smallest absolute Gasteiger partial charge is 0.409 e. The van der Waals surface area contributed by atoms with E-state index in [0.717, 1.165) is 29.9 Å². The fraction of sp³-hybridized carbons (Fsp3) is 0.400. The van der Waals surface area contributed by atoms with Crippen LogP contribution in [0.2, 0.25) is 0 Å². The van der Waals surface area contributed by atoms with Gasteiger partial charge in [-0.3, -0.25) is 4.79 Å². The molecule has 1 fully saturated rings. The zero-order valence-corrected chi connectivity index (χ0v) is 14.9. The number of aryl methyl sites for hydroxylation is 1. The van der Waals surface area contributed by atoms with Crippen LogP contribution in [0.3, 0.4) is 0 Å². The highest BCUT2D eigenvalue weighted by Gasteiger charge is 2.24. The van der Waals surface area contributed by atoms with E-state index in [1.54, 1.807) is 4.90 Å². The van der Waals surface area contributed by atoms with Crippen LogP contribution < -0.4 is 5.32 Å². The van der Waals surface area contributed by atoms with Gasteiger partial charge >= 0.3 is 6.09 Å². The molecule has 0 saturated carbocycles. The van der Waals surface area contributed by atoms with Gasteiger partial charge in [0.15, 0.2) is 0 Å². The van der Waals surface area contributed by atoms with Crippen LogP contribution >= 0.6 is 0 Å². The second kappa shape index (κ2) is 8.56. The first-order chi connectivity index (χ1) is 12.7. The van der Waals surface area contributed by atoms with E-state index in [9.17, 15) is 9.59 Å². The molecule has 0 aliphatic carbocycles. The van der Waals surface area contributed by atoms with Crippen molar-refractivity contribution in [3.05, 3.63) is 48.2 Å². The molecule has 1 N–H and O–H groups in total. The van der Waals surface area contributed by atoms with Gasteiger partial charge in [0.05, 0.1) is 7.11 Å². The van der Waals surface area contributed by atoms with Crippen LogP contribution in [0.1, 0.15) is 25.0 Å². The van der Waals surface area contributed by atoms with Crippen molar-refractivity contribution in [2.24, 2.45) is 0 Å². The maximum atomic E-state index is 12.2. The zero-order valence-electron chi connectivity index (χ0n) is 14.9. The average Bonchev–Trinajstić information content (AvgIpc) is 3.16. The summed E-state index contributed by atoms with van der Waals surface area (Å²) in [7, 11) is 1.38. The molecule has 1 aromatic carbocycles. The van der Waals surface area contributed by atoms with Gasteiger partial charge in [-0.15, -0.1) is 0 Å². The largest absolute Gasteiger partial charge is 0.461 e. The number of carbonyl (C=O) groups is 2. The number of hydrogen-bond donors (Lipinski definition) is 1. The zero-order chi connectivity index (χ0) is 18.4. The Hall–Kier alpha value is -2.76. The lowest BCUT2D eigenvalue weighted by atomic mass is 10.1. The van der Waals surface area contributed by atoms with Crippen LogP contribution in [0.4, 0.5) is 4.79 Å². The number of methoxy groups -OCH3 is 1. The van der Waals surface area contributed by atoms with E-state index in [0.29, 0.717) is 25.9 Å². The third kappa shape index (κ3) is 4.65. The summed E-state index contributed by atoms with van der Waals surface area (Å²) < 4.78 is 10.5. The third-order valence-corrected chi connectivity index (χ3v) is 4.61. The summed E-state index contributed by atoms with van der Waals surface area (Å²) >= 11 is 0. The maximum Gasteiger partial charge on any atom is 0.409 e. The summed E-state index contributed by atoms with van der Waals surface area (Å²) in [6.45, 7) is 1.21. The van der Waals surface area contributed by atoms with Gasteiger partial charge in [0.2, 0.25) is 5.91 Å². The molecule has 0 radical (unpaired) electrons. The molecule has 1 aliphatic heterocycles. The van der Waals surface area contributed by atoms with Crippen LogP contribution in [0.25, 0.3) is 11.3 Å². The Bertz CT molecular complexity index is 733. The number of carbonyl (C=O) groups excluding carboxylic acids is 2. The molecule has 1 aromatic heterocycles. The Kier molecular flexibility index (Phi) is 5.94. The molecule has 6 nitrogen and oxygen atoms in total. The minimum Gasteiger partial charge on any atom is -0.461 e. The van der Waals surface area contributed by atoms with E-state index in [1.807, 2.05) is 42.5 Å². The number of nitrogens with one attached hydrogen (secondary N) is 1. The molecular formula is C20H24N2O4. The topological polar surface area (TPSA) is 71.8 Å². The molecule has 0 unspecified atom stereocenters. The first-order valence-electron chi connectivity index (χ1n) is 8.92. The van der Waals surface area contributed by atoms with Gasteiger partial charge < -0.3 is 19.4 Å². The van der Waals surface area contributed by atoms with Gasteiger partial charge in [-0.1, -0.05) is 30.3 Å². The van der Waals surface area contributed by atoms with E-state index < -0.39 is 0 Å². The van der Waals surface area contributed by atoms with Crippen molar-refractivity contribution in [2.75, 3.05) is 20.2 Å². The SMILES string of the molecule is COC(=O)N1CCC(NC(=O)CCc2ccc(-c3ccccc3)o2)CC1. The van der Waals surface area contributed by atoms with Crippen LogP contribution in [0, 0.1) is 0 Å². The lowest BCUT2D eigenvalue weighted by Gasteiger charge is -2.31. The van der Waals surface area contributed by atoms with Gasteiger partial charge in [-0.05, 0) is 25.0 Å². The van der Waals surface area contributed by atoms with E-state index in [1.165, 1.54) is 7.11 Å². The van der Waals surface area contributed by atoms with Crippen molar-refractivity contribution >= 4 is 12.0 Å². The minimum atomic E-state index is -0.304. The van der Waals surface area contributed by atoms with Crippen molar-refractivity contribution in [3.63, 3.8) is 0 Å². The van der Waals surface area contributed by atoms with Crippen molar-refractivity contribution in [2.45, 2.75) is 31.7 Å². The summed E-state index contributed by atoms with van der Waals surface area (Å²) in [6.07, 6.45) is 2.15. The first kappa shape index (κ1) is 18.0. The molecule has 2 aromatic rings. The van der Waals surface area contributed by atoms with E-state index in [2.05, 4.69) is 5.32 Å². The van der Waals surface area contributed by atoms with Gasteiger partial charge in [-0.2, -0.15) is 0 Å². The lowest BCUT2D eigenvalue weighted by Crippen LogP contribution is -2.46. The molecule has 0 spiro atoms. The number of amides is 2. The standard InChI is InChI=1S/C20H24N2O4/c1-25-20(24)22-13-11-16(12-14-22)21-19(23)10-8-17-7-9-18(26-17)15-5-3-2-4-6-15/h2-7,9,16H,8,10-14H2,1H3,(H,21,23). The number of likely N-dealkylation sites (tertiary alicyclic amines) is 1. The summed E-state index contributed by atoms with van der Waals surface area (Å²) in [6, 6.07) is 13.9. The quantitative estimate of drug-likeness (QED) is 0.893. The normalized spacial score (nSPS) is 14.9. The number of hydrogen-bond acceptors (Lipinski definition) is 4. The third-order valence-electron chi connectivity index (χ3n) is 4.61. The molecule has 3 rings (SSSR count). The van der Waals surface area contributed by atoms with Crippen molar-refractivity contribution in [1.29, 1.82) is 0 Å². The number of benzene rings is 1. The first-order valence-corrected chi connectivity index (χ1v) is 8.92. The highest BCUT2D eigenvalue weighted by Crippen LogP contribution is 2.22. The average molecular weight is 356 g/mol. The fourth-order valence-corrected chi connectivity index (χ4v) is 3.14. The Morgan fingerprint density at radius 1 is 1.15 bits per heavy atom. The number of nitrogens with zero attached hydrogens (tertiary/aromatic N) is 1. The second-order valence-electron chi connectivity index (χ2n) is 6.43. The molecule has 1 saturated heterocycles. The van der Waals surface area contributed by atoms with Crippen molar-refractivity contribution in [3.8, 4) is 11.3 Å².